The van der Waals surface area contributed by atoms with Crippen LogP contribution < -0.4 is 0 Å². The molecule has 0 saturated heterocycles. The summed E-state index contributed by atoms with van der Waals surface area (Å²) in [5, 5.41) is 8.77. The molecule has 0 aliphatic carbocycles. The Morgan fingerprint density at radius 3 is 2.78 bits per heavy atom. The van der Waals surface area contributed by atoms with E-state index in [9.17, 15) is 9.59 Å². The van der Waals surface area contributed by atoms with E-state index in [1.807, 2.05) is 0 Å². The van der Waals surface area contributed by atoms with E-state index in [-0.39, 0.29) is 25.6 Å². The number of aliphatic carboxylic acids is 1. The van der Waals surface area contributed by atoms with E-state index in [4.69, 9.17) is 9.84 Å². The summed E-state index contributed by atoms with van der Waals surface area (Å²) in [5.74, 6) is -1.45. The Hall–Kier alpha value is -1.47. The highest BCUT2D eigenvalue weighted by atomic mass is 79.9. The molecule has 1 N–H and O–H groups in total. The minimum Gasteiger partial charge on any atom is -0.480 e. The van der Waals surface area contributed by atoms with E-state index in [2.05, 4.69) is 20.9 Å². The lowest BCUT2D eigenvalue weighted by Crippen LogP contribution is -2.38. The maximum absolute atomic E-state index is 12.1. The van der Waals surface area contributed by atoms with Crippen LogP contribution in [0.5, 0.6) is 0 Å². The van der Waals surface area contributed by atoms with Crippen molar-refractivity contribution in [2.45, 2.75) is 0 Å². The summed E-state index contributed by atoms with van der Waals surface area (Å²) in [6.45, 7) is 0.128. The zero-order valence-corrected chi connectivity index (χ0v) is 11.4. The Morgan fingerprint density at radius 1 is 1.50 bits per heavy atom. The fourth-order valence-electron chi connectivity index (χ4n) is 1.33. The monoisotopic (exact) mass is 316 g/mol. The molecule has 1 rings (SSSR count). The first-order chi connectivity index (χ1) is 8.54. The van der Waals surface area contributed by atoms with Gasteiger partial charge in [0.15, 0.2) is 0 Å². The topological polar surface area (TPSA) is 79.7 Å². The van der Waals surface area contributed by atoms with E-state index in [1.165, 1.54) is 18.2 Å². The molecule has 18 heavy (non-hydrogen) atoms. The molecule has 6 nitrogen and oxygen atoms in total. The summed E-state index contributed by atoms with van der Waals surface area (Å²) >= 11 is 3.21. The highest BCUT2D eigenvalue weighted by molar-refractivity contribution is 9.10. The molecular weight excluding hydrogens is 304 g/mol. The number of carboxylic acids is 1. The molecule has 1 aromatic heterocycles. The second-order valence-corrected chi connectivity index (χ2v) is 4.42. The Balaban J connectivity index is 2.83. The van der Waals surface area contributed by atoms with Gasteiger partial charge in [0.25, 0.3) is 5.91 Å². The number of nitrogens with zero attached hydrogens (tertiary/aromatic N) is 2. The van der Waals surface area contributed by atoms with Gasteiger partial charge in [-0.1, -0.05) is 0 Å². The largest absolute Gasteiger partial charge is 0.480 e. The molecule has 0 saturated carbocycles. The number of amides is 1. The van der Waals surface area contributed by atoms with Gasteiger partial charge in [-0.3, -0.25) is 14.6 Å². The summed E-state index contributed by atoms with van der Waals surface area (Å²) in [7, 11) is 1.49. The van der Waals surface area contributed by atoms with Gasteiger partial charge in [0.1, 0.15) is 6.54 Å². The molecule has 1 amide bonds. The SMILES string of the molecule is COCCN(CC(=O)O)C(=O)c1cncc(Br)c1. The fraction of sp³-hybridized carbons (Fsp3) is 0.364. The lowest BCUT2D eigenvalue weighted by molar-refractivity contribution is -0.137. The first-order valence-electron chi connectivity index (χ1n) is 5.15. The standard InChI is InChI=1S/C11H13BrN2O4/c1-18-3-2-14(7-10(15)16)11(17)8-4-9(12)6-13-5-8/h4-6H,2-3,7H2,1H3,(H,15,16). The van der Waals surface area contributed by atoms with Gasteiger partial charge in [0, 0.05) is 30.5 Å². The van der Waals surface area contributed by atoms with Gasteiger partial charge < -0.3 is 14.7 Å². The van der Waals surface area contributed by atoms with Crippen molar-refractivity contribution < 1.29 is 19.4 Å². The van der Waals surface area contributed by atoms with Gasteiger partial charge in [-0.15, -0.1) is 0 Å². The van der Waals surface area contributed by atoms with Gasteiger partial charge >= 0.3 is 5.97 Å². The molecule has 1 heterocycles. The second kappa shape index (κ2) is 7.07. The summed E-state index contributed by atoms with van der Waals surface area (Å²) in [4.78, 5) is 27.9. The molecule has 0 bridgehead atoms. The number of ether oxygens (including phenoxy) is 1. The average Bonchev–Trinajstić information content (AvgIpc) is 2.33. The number of rotatable bonds is 6. The quantitative estimate of drug-likeness (QED) is 0.847. The Morgan fingerprint density at radius 2 is 2.22 bits per heavy atom. The van der Waals surface area contributed by atoms with Crippen molar-refractivity contribution in [2.75, 3.05) is 26.8 Å². The van der Waals surface area contributed by atoms with Gasteiger partial charge in [0.2, 0.25) is 0 Å². The van der Waals surface area contributed by atoms with Crippen LogP contribution in [0.4, 0.5) is 0 Å². The molecule has 0 atom stereocenters. The van der Waals surface area contributed by atoms with Gasteiger partial charge in [0.05, 0.1) is 12.2 Å². The minimum absolute atomic E-state index is 0.216. The van der Waals surface area contributed by atoms with E-state index >= 15 is 0 Å². The number of pyridine rings is 1. The number of hydrogen-bond donors (Lipinski definition) is 1. The Labute approximate surface area is 113 Å². The maximum atomic E-state index is 12.1. The second-order valence-electron chi connectivity index (χ2n) is 3.51. The van der Waals surface area contributed by atoms with E-state index in [0.717, 1.165) is 0 Å². The molecule has 0 aliphatic rings. The van der Waals surface area contributed by atoms with Crippen LogP contribution in [0.25, 0.3) is 0 Å². The minimum atomic E-state index is -1.07. The molecule has 0 spiro atoms. The third-order valence-corrected chi connectivity index (χ3v) is 2.56. The Kier molecular flexibility index (Phi) is 5.73. The number of halogens is 1. The van der Waals surface area contributed by atoms with Crippen LogP contribution in [-0.2, 0) is 9.53 Å². The number of aromatic nitrogens is 1. The van der Waals surface area contributed by atoms with Crippen LogP contribution in [0.2, 0.25) is 0 Å². The summed E-state index contributed by atoms with van der Waals surface area (Å²) in [6, 6.07) is 1.59. The van der Waals surface area contributed by atoms with Gasteiger partial charge in [-0.2, -0.15) is 0 Å². The zero-order valence-electron chi connectivity index (χ0n) is 9.80. The van der Waals surface area contributed by atoms with Crippen molar-refractivity contribution in [1.29, 1.82) is 0 Å². The highest BCUT2D eigenvalue weighted by Crippen LogP contribution is 2.11. The number of hydrogen-bond acceptors (Lipinski definition) is 4. The number of methoxy groups -OCH3 is 1. The maximum Gasteiger partial charge on any atom is 0.323 e. The Bertz CT molecular complexity index is 439. The highest BCUT2D eigenvalue weighted by Gasteiger charge is 2.18. The normalized spacial score (nSPS) is 10.1. The summed E-state index contributed by atoms with van der Waals surface area (Å²) < 4.78 is 5.51. The first-order valence-corrected chi connectivity index (χ1v) is 5.94. The number of carboxylic acid groups (broad SMARTS) is 1. The van der Waals surface area contributed by atoms with E-state index in [1.54, 1.807) is 12.3 Å². The van der Waals surface area contributed by atoms with Crippen molar-refractivity contribution >= 4 is 27.8 Å². The van der Waals surface area contributed by atoms with Crippen LogP contribution in [0, 0.1) is 0 Å². The predicted octanol–water partition coefficient (Wildman–Crippen LogP) is 1.02. The molecule has 0 aromatic carbocycles. The van der Waals surface area contributed by atoms with Gasteiger partial charge in [-0.25, -0.2) is 0 Å². The van der Waals surface area contributed by atoms with Crippen molar-refractivity contribution in [3.05, 3.63) is 28.5 Å². The van der Waals surface area contributed by atoms with Crippen molar-refractivity contribution in [3.63, 3.8) is 0 Å². The summed E-state index contributed by atoms with van der Waals surface area (Å²) in [6.07, 6.45) is 2.95. The molecule has 0 unspecified atom stereocenters. The van der Waals surface area contributed by atoms with E-state index < -0.39 is 5.97 Å². The van der Waals surface area contributed by atoms with E-state index in [0.29, 0.717) is 10.0 Å². The average molecular weight is 317 g/mol. The molecule has 1 aromatic rings. The molecule has 0 aliphatic heterocycles. The third-order valence-electron chi connectivity index (χ3n) is 2.13. The number of carbonyl (C=O) groups is 2. The van der Waals surface area contributed by atoms with Crippen molar-refractivity contribution in [2.24, 2.45) is 0 Å². The molecule has 7 heteroatoms. The molecular formula is C11H13BrN2O4. The predicted molar refractivity (Wildman–Crippen MR) is 67.4 cm³/mol. The van der Waals surface area contributed by atoms with Crippen molar-refractivity contribution in [1.82, 2.24) is 9.88 Å². The summed E-state index contributed by atoms with van der Waals surface area (Å²) in [5.41, 5.74) is 0.335. The van der Waals surface area contributed by atoms with Crippen LogP contribution >= 0.6 is 15.9 Å². The fourth-order valence-corrected chi connectivity index (χ4v) is 1.69. The smallest absolute Gasteiger partial charge is 0.323 e. The molecule has 0 fully saturated rings. The van der Waals surface area contributed by atoms with Crippen LogP contribution in [0.15, 0.2) is 22.9 Å². The lowest BCUT2D eigenvalue weighted by atomic mass is 10.2. The van der Waals surface area contributed by atoms with Crippen LogP contribution in [0.1, 0.15) is 10.4 Å². The zero-order chi connectivity index (χ0) is 13.5. The first kappa shape index (κ1) is 14.6. The van der Waals surface area contributed by atoms with Crippen molar-refractivity contribution in [3.8, 4) is 0 Å². The lowest BCUT2D eigenvalue weighted by Gasteiger charge is -2.20. The van der Waals surface area contributed by atoms with Crippen LogP contribution in [0.3, 0.4) is 0 Å². The third kappa shape index (κ3) is 4.42. The molecule has 98 valence electrons. The van der Waals surface area contributed by atoms with Gasteiger partial charge in [-0.05, 0) is 22.0 Å². The molecule has 0 radical (unpaired) electrons. The number of carbonyl (C=O) groups excluding carboxylic acids is 1. The van der Waals surface area contributed by atoms with Crippen LogP contribution in [-0.4, -0.2) is 53.7 Å².